The van der Waals surface area contributed by atoms with Crippen molar-refractivity contribution < 1.29 is 0 Å². The van der Waals surface area contributed by atoms with Crippen LogP contribution in [-0.2, 0) is 6.54 Å². The van der Waals surface area contributed by atoms with Gasteiger partial charge >= 0.3 is 0 Å². The Balaban J connectivity index is 1.81. The Labute approximate surface area is 122 Å². The summed E-state index contributed by atoms with van der Waals surface area (Å²) in [5, 5.41) is 6.07. The molecule has 0 bridgehead atoms. The van der Waals surface area contributed by atoms with Gasteiger partial charge in [-0.2, -0.15) is 0 Å². The van der Waals surface area contributed by atoms with Crippen molar-refractivity contribution in [2.45, 2.75) is 26.8 Å². The zero-order valence-electron chi connectivity index (χ0n) is 12.6. The lowest BCUT2D eigenvalue weighted by molar-refractivity contribution is 0.298. The van der Waals surface area contributed by atoms with Gasteiger partial charge in [0.1, 0.15) is 0 Å². The zero-order valence-corrected chi connectivity index (χ0v) is 12.6. The van der Waals surface area contributed by atoms with Crippen molar-refractivity contribution in [3.05, 3.63) is 42.2 Å². The summed E-state index contributed by atoms with van der Waals surface area (Å²) < 4.78 is 0. The minimum Gasteiger partial charge on any atom is -0.313 e. The summed E-state index contributed by atoms with van der Waals surface area (Å²) in [4.78, 5) is 6.64. The summed E-state index contributed by atoms with van der Waals surface area (Å²) in [5.74, 6) is 0. The van der Waals surface area contributed by atoms with Crippen molar-refractivity contribution in [1.82, 2.24) is 15.2 Å². The molecule has 3 heteroatoms. The Kier molecular flexibility index (Phi) is 5.96. The molecule has 0 fully saturated rings. The molecular weight excluding hydrogens is 246 g/mol. The van der Waals surface area contributed by atoms with E-state index in [-0.39, 0.29) is 0 Å². The Morgan fingerprint density at radius 3 is 2.80 bits per heavy atom. The number of aromatic nitrogens is 1. The smallest absolute Gasteiger partial charge is 0.0346 e. The maximum Gasteiger partial charge on any atom is 0.0346 e. The number of nitrogens with one attached hydrogen (secondary N) is 1. The quantitative estimate of drug-likeness (QED) is 0.748. The van der Waals surface area contributed by atoms with Gasteiger partial charge in [0.15, 0.2) is 0 Å². The Morgan fingerprint density at radius 2 is 2.00 bits per heavy atom. The Bertz CT molecular complexity index is 515. The molecule has 2 aromatic rings. The highest BCUT2D eigenvalue weighted by Crippen LogP contribution is 2.16. The Hall–Kier alpha value is -1.45. The lowest BCUT2D eigenvalue weighted by Gasteiger charge is -2.17. The van der Waals surface area contributed by atoms with Gasteiger partial charge in [-0.3, -0.25) is 4.98 Å². The number of nitrogens with zero attached hydrogens (tertiary/aromatic N) is 2. The van der Waals surface area contributed by atoms with E-state index in [4.69, 9.17) is 0 Å². The van der Waals surface area contributed by atoms with Crippen LogP contribution in [0.3, 0.4) is 0 Å². The molecule has 1 N–H and O–H groups in total. The van der Waals surface area contributed by atoms with Crippen LogP contribution in [0.2, 0.25) is 0 Å². The molecule has 0 saturated carbocycles. The number of pyridine rings is 1. The summed E-state index contributed by atoms with van der Waals surface area (Å²) in [5.41, 5.74) is 1.35. The van der Waals surface area contributed by atoms with E-state index in [9.17, 15) is 0 Å². The highest BCUT2D eigenvalue weighted by molar-refractivity contribution is 5.84. The molecule has 0 spiro atoms. The van der Waals surface area contributed by atoms with Crippen molar-refractivity contribution in [3.63, 3.8) is 0 Å². The van der Waals surface area contributed by atoms with Crippen LogP contribution < -0.4 is 5.32 Å². The van der Waals surface area contributed by atoms with E-state index in [0.29, 0.717) is 0 Å². The van der Waals surface area contributed by atoms with Crippen LogP contribution in [0.4, 0.5) is 0 Å². The lowest BCUT2D eigenvalue weighted by atomic mass is 10.1. The van der Waals surface area contributed by atoms with Crippen LogP contribution in [0.1, 0.15) is 25.8 Å². The maximum atomic E-state index is 4.18. The predicted molar refractivity (Wildman–Crippen MR) is 85.9 cm³/mol. The average molecular weight is 271 g/mol. The second-order valence-electron chi connectivity index (χ2n) is 5.07. The van der Waals surface area contributed by atoms with Crippen molar-refractivity contribution in [3.8, 4) is 0 Å². The van der Waals surface area contributed by atoms with E-state index in [2.05, 4.69) is 53.3 Å². The van der Waals surface area contributed by atoms with Crippen LogP contribution in [0.25, 0.3) is 10.8 Å². The first-order valence-electron chi connectivity index (χ1n) is 7.59. The fourth-order valence-electron chi connectivity index (χ4n) is 2.53. The largest absolute Gasteiger partial charge is 0.313 e. The molecule has 108 valence electrons. The molecule has 3 nitrogen and oxygen atoms in total. The summed E-state index contributed by atoms with van der Waals surface area (Å²) >= 11 is 0. The molecule has 1 heterocycles. The third-order valence-corrected chi connectivity index (χ3v) is 3.81. The van der Waals surface area contributed by atoms with Crippen LogP contribution in [0, 0.1) is 0 Å². The van der Waals surface area contributed by atoms with Crippen LogP contribution in [0.15, 0.2) is 36.7 Å². The van der Waals surface area contributed by atoms with Gasteiger partial charge in [0.2, 0.25) is 0 Å². The van der Waals surface area contributed by atoms with Crippen LogP contribution >= 0.6 is 0 Å². The normalized spacial score (nSPS) is 11.3. The third-order valence-electron chi connectivity index (χ3n) is 3.81. The highest BCUT2D eigenvalue weighted by Gasteiger charge is 2.01. The molecule has 1 aromatic carbocycles. The van der Waals surface area contributed by atoms with Gasteiger partial charge in [0.05, 0.1) is 0 Å². The summed E-state index contributed by atoms with van der Waals surface area (Å²) in [6, 6.07) is 8.52. The monoisotopic (exact) mass is 271 g/mol. The maximum absolute atomic E-state index is 4.18. The average Bonchev–Trinajstić information content (AvgIpc) is 2.51. The molecule has 0 amide bonds. The number of benzene rings is 1. The molecular formula is C17H25N3. The van der Waals surface area contributed by atoms with Crippen molar-refractivity contribution in [2.75, 3.05) is 26.2 Å². The second-order valence-corrected chi connectivity index (χ2v) is 5.07. The zero-order chi connectivity index (χ0) is 14.2. The van der Waals surface area contributed by atoms with Crippen molar-refractivity contribution in [1.29, 1.82) is 0 Å². The van der Waals surface area contributed by atoms with Crippen LogP contribution in [0.5, 0.6) is 0 Å². The molecule has 0 saturated heterocycles. The van der Waals surface area contributed by atoms with E-state index < -0.39 is 0 Å². The molecule has 2 rings (SSSR count). The molecule has 0 atom stereocenters. The molecule has 0 aliphatic heterocycles. The van der Waals surface area contributed by atoms with Crippen molar-refractivity contribution >= 4 is 10.8 Å². The molecule has 0 radical (unpaired) electrons. The van der Waals surface area contributed by atoms with E-state index in [1.807, 2.05) is 12.4 Å². The number of hydrogen-bond acceptors (Lipinski definition) is 3. The van der Waals surface area contributed by atoms with Gasteiger partial charge < -0.3 is 10.2 Å². The predicted octanol–water partition coefficient (Wildman–Crippen LogP) is 3.06. The molecule has 20 heavy (non-hydrogen) atoms. The topological polar surface area (TPSA) is 28.2 Å². The SMILES string of the molecule is CCN(CC)CCCNCc1cccc2cnccc12. The van der Waals surface area contributed by atoms with Crippen LogP contribution in [-0.4, -0.2) is 36.1 Å². The lowest BCUT2D eigenvalue weighted by Crippen LogP contribution is -2.27. The van der Waals surface area contributed by atoms with Gasteiger partial charge in [-0.1, -0.05) is 32.0 Å². The molecule has 1 aromatic heterocycles. The van der Waals surface area contributed by atoms with Gasteiger partial charge in [-0.15, -0.1) is 0 Å². The molecule has 0 aliphatic rings. The molecule has 0 unspecified atom stereocenters. The summed E-state index contributed by atoms with van der Waals surface area (Å²) in [6.07, 6.45) is 5.00. The van der Waals surface area contributed by atoms with Gasteiger partial charge in [-0.05, 0) is 49.6 Å². The van der Waals surface area contributed by atoms with E-state index in [1.54, 1.807) is 0 Å². The van der Waals surface area contributed by atoms with Crippen molar-refractivity contribution in [2.24, 2.45) is 0 Å². The third kappa shape index (κ3) is 4.02. The highest BCUT2D eigenvalue weighted by atomic mass is 15.1. The summed E-state index contributed by atoms with van der Waals surface area (Å²) in [6.45, 7) is 9.92. The second kappa shape index (κ2) is 7.98. The Morgan fingerprint density at radius 1 is 1.15 bits per heavy atom. The summed E-state index contributed by atoms with van der Waals surface area (Å²) in [7, 11) is 0. The minimum atomic E-state index is 0.930. The van der Waals surface area contributed by atoms with E-state index in [0.717, 1.165) is 26.2 Å². The van der Waals surface area contributed by atoms with Gasteiger partial charge in [-0.25, -0.2) is 0 Å². The number of rotatable bonds is 8. The van der Waals surface area contributed by atoms with E-state index in [1.165, 1.54) is 29.3 Å². The number of hydrogen-bond donors (Lipinski definition) is 1. The molecule has 0 aliphatic carbocycles. The van der Waals surface area contributed by atoms with Gasteiger partial charge in [0.25, 0.3) is 0 Å². The first-order chi connectivity index (χ1) is 9.85. The van der Waals surface area contributed by atoms with Gasteiger partial charge in [0, 0.05) is 24.3 Å². The fourth-order valence-corrected chi connectivity index (χ4v) is 2.53. The fraction of sp³-hybridized carbons (Fsp3) is 0.471. The van der Waals surface area contributed by atoms with E-state index >= 15 is 0 Å². The number of fused-ring (bicyclic) bond motifs is 1. The minimum absolute atomic E-state index is 0.930. The first kappa shape index (κ1) is 14.9. The first-order valence-corrected chi connectivity index (χ1v) is 7.59. The standard InChI is InChI=1S/C17H25N3/c1-3-20(4-2)12-6-10-18-13-15-7-5-8-16-14-19-11-9-17(15)16/h5,7-9,11,14,18H,3-4,6,10,12-13H2,1-2H3.